The van der Waals surface area contributed by atoms with E-state index in [2.05, 4.69) is 36.5 Å². The maximum absolute atomic E-state index is 12.0. The van der Waals surface area contributed by atoms with Gasteiger partial charge in [-0.1, -0.05) is 37.6 Å². The number of hydrogen-bond donors (Lipinski definition) is 1. The van der Waals surface area contributed by atoms with E-state index in [0.29, 0.717) is 6.61 Å². The van der Waals surface area contributed by atoms with E-state index in [1.165, 1.54) is 5.56 Å². The van der Waals surface area contributed by atoms with Crippen LogP contribution in [0.1, 0.15) is 50.3 Å². The quantitative estimate of drug-likeness (QED) is 0.885. The Balaban J connectivity index is 1.91. The van der Waals surface area contributed by atoms with Crippen LogP contribution in [0.3, 0.4) is 0 Å². The van der Waals surface area contributed by atoms with Crippen molar-refractivity contribution >= 4 is 5.91 Å². The van der Waals surface area contributed by atoms with E-state index in [1.54, 1.807) is 0 Å². The van der Waals surface area contributed by atoms with Gasteiger partial charge in [0.1, 0.15) is 6.10 Å². The lowest BCUT2D eigenvalue weighted by atomic mass is 10.0. The van der Waals surface area contributed by atoms with Gasteiger partial charge in [-0.2, -0.15) is 0 Å². The Morgan fingerprint density at radius 2 is 2.16 bits per heavy atom. The molecule has 3 nitrogen and oxygen atoms in total. The summed E-state index contributed by atoms with van der Waals surface area (Å²) < 4.78 is 5.39. The number of nitrogens with one attached hydrogen (secondary N) is 1. The van der Waals surface area contributed by atoms with E-state index in [1.807, 2.05) is 6.92 Å². The van der Waals surface area contributed by atoms with E-state index < -0.39 is 0 Å². The summed E-state index contributed by atoms with van der Waals surface area (Å²) in [6, 6.07) is 8.53. The predicted octanol–water partition coefficient (Wildman–Crippen LogP) is 3.00. The van der Waals surface area contributed by atoms with Gasteiger partial charge in [0.25, 0.3) is 0 Å². The first-order valence-corrected chi connectivity index (χ1v) is 7.21. The number of hydrogen-bond acceptors (Lipinski definition) is 2. The van der Waals surface area contributed by atoms with Gasteiger partial charge < -0.3 is 10.1 Å². The number of ether oxygens (including phenoxy) is 1. The second kappa shape index (κ2) is 6.71. The molecule has 1 saturated heterocycles. The van der Waals surface area contributed by atoms with Crippen LogP contribution in [0.5, 0.6) is 0 Å². The lowest BCUT2D eigenvalue weighted by Gasteiger charge is -2.17. The SMILES string of the molecule is CCCc1ccc([C@@H](C)NC(=O)[C@H]2CCCO2)cc1. The van der Waals surface area contributed by atoms with Crippen molar-refractivity contribution in [3.05, 3.63) is 35.4 Å². The Labute approximate surface area is 115 Å². The fourth-order valence-electron chi connectivity index (χ4n) is 2.44. The molecule has 1 fully saturated rings. The number of carbonyl (C=O) groups excluding carboxylic acids is 1. The summed E-state index contributed by atoms with van der Waals surface area (Å²) in [5, 5.41) is 3.03. The van der Waals surface area contributed by atoms with Crippen LogP contribution >= 0.6 is 0 Å². The molecular formula is C16H23NO2. The van der Waals surface area contributed by atoms with Crippen molar-refractivity contribution in [1.29, 1.82) is 0 Å². The van der Waals surface area contributed by atoms with Crippen LogP contribution in [-0.2, 0) is 16.0 Å². The van der Waals surface area contributed by atoms with Gasteiger partial charge in [-0.15, -0.1) is 0 Å². The zero-order chi connectivity index (χ0) is 13.7. The molecule has 19 heavy (non-hydrogen) atoms. The van der Waals surface area contributed by atoms with Crippen LogP contribution in [0.15, 0.2) is 24.3 Å². The third kappa shape index (κ3) is 3.80. The highest BCUT2D eigenvalue weighted by Crippen LogP contribution is 2.17. The smallest absolute Gasteiger partial charge is 0.249 e. The molecule has 0 aromatic heterocycles. The highest BCUT2D eigenvalue weighted by atomic mass is 16.5. The summed E-state index contributed by atoms with van der Waals surface area (Å²) >= 11 is 0. The van der Waals surface area contributed by atoms with Crippen molar-refractivity contribution < 1.29 is 9.53 Å². The van der Waals surface area contributed by atoms with Gasteiger partial charge in [-0.05, 0) is 37.3 Å². The summed E-state index contributed by atoms with van der Waals surface area (Å²) in [5.41, 5.74) is 2.50. The molecule has 0 bridgehead atoms. The molecule has 1 aliphatic rings. The normalized spacial score (nSPS) is 20.2. The molecule has 0 saturated carbocycles. The Kier molecular flexibility index (Phi) is 4.97. The standard InChI is InChI=1S/C16H23NO2/c1-3-5-13-7-9-14(10-8-13)12(2)17-16(18)15-6-4-11-19-15/h7-10,12,15H,3-6,11H2,1-2H3,(H,17,18)/t12-,15-/m1/s1. The number of carbonyl (C=O) groups is 1. The zero-order valence-electron chi connectivity index (χ0n) is 11.8. The second-order valence-electron chi connectivity index (χ2n) is 5.22. The third-order valence-corrected chi connectivity index (χ3v) is 3.60. The van der Waals surface area contributed by atoms with Crippen LogP contribution in [0, 0.1) is 0 Å². The molecule has 2 rings (SSSR count). The summed E-state index contributed by atoms with van der Waals surface area (Å²) in [7, 11) is 0. The average Bonchev–Trinajstić information content (AvgIpc) is 2.94. The zero-order valence-corrected chi connectivity index (χ0v) is 11.8. The van der Waals surface area contributed by atoms with Crippen molar-refractivity contribution in [2.24, 2.45) is 0 Å². The molecule has 2 atom stereocenters. The van der Waals surface area contributed by atoms with E-state index in [9.17, 15) is 4.79 Å². The number of rotatable bonds is 5. The maximum Gasteiger partial charge on any atom is 0.249 e. The maximum atomic E-state index is 12.0. The molecule has 1 heterocycles. The van der Waals surface area contributed by atoms with Crippen molar-refractivity contribution in [2.75, 3.05) is 6.61 Å². The summed E-state index contributed by atoms with van der Waals surface area (Å²) in [4.78, 5) is 12.0. The molecule has 1 amide bonds. The fourth-order valence-corrected chi connectivity index (χ4v) is 2.44. The van der Waals surface area contributed by atoms with Crippen LogP contribution in [0.25, 0.3) is 0 Å². The van der Waals surface area contributed by atoms with Gasteiger partial charge in [-0.25, -0.2) is 0 Å². The summed E-state index contributed by atoms with van der Waals surface area (Å²) in [6.45, 7) is 4.90. The topological polar surface area (TPSA) is 38.3 Å². The van der Waals surface area contributed by atoms with Gasteiger partial charge in [0.05, 0.1) is 6.04 Å². The van der Waals surface area contributed by atoms with Crippen LogP contribution in [0.4, 0.5) is 0 Å². The molecule has 0 spiro atoms. The van der Waals surface area contributed by atoms with Gasteiger partial charge in [0.2, 0.25) is 5.91 Å². The second-order valence-corrected chi connectivity index (χ2v) is 5.22. The minimum Gasteiger partial charge on any atom is -0.368 e. The molecule has 1 N–H and O–H groups in total. The van der Waals surface area contributed by atoms with Gasteiger partial charge in [0, 0.05) is 6.61 Å². The molecular weight excluding hydrogens is 238 g/mol. The van der Waals surface area contributed by atoms with Gasteiger partial charge in [0.15, 0.2) is 0 Å². The number of amides is 1. The molecule has 1 aromatic rings. The molecule has 1 aliphatic heterocycles. The first-order chi connectivity index (χ1) is 9.20. The van der Waals surface area contributed by atoms with Crippen molar-refractivity contribution in [3.8, 4) is 0 Å². The van der Waals surface area contributed by atoms with E-state index in [0.717, 1.165) is 31.2 Å². The Morgan fingerprint density at radius 3 is 2.74 bits per heavy atom. The summed E-state index contributed by atoms with van der Waals surface area (Å²) in [5.74, 6) is 0.0163. The first kappa shape index (κ1) is 14.1. The van der Waals surface area contributed by atoms with Crippen molar-refractivity contribution in [2.45, 2.75) is 51.7 Å². The van der Waals surface area contributed by atoms with Crippen LogP contribution in [-0.4, -0.2) is 18.6 Å². The minimum absolute atomic E-state index is 0.0163. The third-order valence-electron chi connectivity index (χ3n) is 3.60. The molecule has 104 valence electrons. The van der Waals surface area contributed by atoms with Crippen molar-refractivity contribution in [3.63, 3.8) is 0 Å². The minimum atomic E-state index is -0.248. The largest absolute Gasteiger partial charge is 0.368 e. The Bertz CT molecular complexity index is 407. The monoisotopic (exact) mass is 261 g/mol. The lowest BCUT2D eigenvalue weighted by Crippen LogP contribution is -2.35. The van der Waals surface area contributed by atoms with E-state index in [4.69, 9.17) is 4.74 Å². The molecule has 1 aromatic carbocycles. The molecule has 3 heteroatoms. The fraction of sp³-hybridized carbons (Fsp3) is 0.562. The first-order valence-electron chi connectivity index (χ1n) is 7.21. The lowest BCUT2D eigenvalue weighted by molar-refractivity contribution is -0.130. The predicted molar refractivity (Wildman–Crippen MR) is 76.0 cm³/mol. The average molecular weight is 261 g/mol. The van der Waals surface area contributed by atoms with Crippen LogP contribution in [0.2, 0.25) is 0 Å². The number of aryl methyl sites for hydroxylation is 1. The number of benzene rings is 1. The van der Waals surface area contributed by atoms with Gasteiger partial charge in [-0.3, -0.25) is 4.79 Å². The molecule has 0 radical (unpaired) electrons. The highest BCUT2D eigenvalue weighted by Gasteiger charge is 2.24. The van der Waals surface area contributed by atoms with Gasteiger partial charge >= 0.3 is 0 Å². The van der Waals surface area contributed by atoms with E-state index in [-0.39, 0.29) is 18.1 Å². The summed E-state index contributed by atoms with van der Waals surface area (Å²) in [6.07, 6.45) is 3.84. The van der Waals surface area contributed by atoms with Crippen molar-refractivity contribution in [1.82, 2.24) is 5.32 Å². The molecule has 0 unspecified atom stereocenters. The van der Waals surface area contributed by atoms with E-state index >= 15 is 0 Å². The molecule has 0 aliphatic carbocycles. The highest BCUT2D eigenvalue weighted by molar-refractivity contribution is 5.81. The Morgan fingerprint density at radius 1 is 1.42 bits per heavy atom. The van der Waals surface area contributed by atoms with Crippen LogP contribution < -0.4 is 5.32 Å². The Hall–Kier alpha value is -1.35.